The zero-order valence-corrected chi connectivity index (χ0v) is 10.2. The fourth-order valence-electron chi connectivity index (χ4n) is 1.25. The van der Waals surface area contributed by atoms with Crippen LogP contribution in [-0.2, 0) is 0 Å². The van der Waals surface area contributed by atoms with Crippen LogP contribution < -0.4 is 9.64 Å². The summed E-state index contributed by atoms with van der Waals surface area (Å²) in [6, 6.07) is 2.41. The van der Waals surface area contributed by atoms with E-state index in [1.54, 1.807) is 4.90 Å². The van der Waals surface area contributed by atoms with Gasteiger partial charge in [-0.15, -0.1) is 0 Å². The average molecular weight is 241 g/mol. The molecule has 1 atom stereocenters. The molecule has 0 spiro atoms. The van der Waals surface area contributed by atoms with Crippen molar-refractivity contribution >= 4 is 17.4 Å². The number of aromatic nitrogens is 2. The fourth-order valence-corrected chi connectivity index (χ4v) is 1.48. The molecule has 86 valence electrons. The molecule has 16 heavy (non-hydrogen) atoms. The van der Waals surface area contributed by atoms with Crippen LogP contribution in [0, 0.1) is 17.2 Å². The third-order valence-corrected chi connectivity index (χ3v) is 2.28. The number of hydrogen-bond acceptors (Lipinski definition) is 5. The first-order valence-corrected chi connectivity index (χ1v) is 5.13. The van der Waals surface area contributed by atoms with Crippen LogP contribution in [0.5, 0.6) is 6.01 Å². The van der Waals surface area contributed by atoms with E-state index >= 15 is 0 Å². The van der Waals surface area contributed by atoms with Crippen LogP contribution in [0.25, 0.3) is 0 Å². The molecule has 0 bridgehead atoms. The Morgan fingerprint density at radius 1 is 1.69 bits per heavy atom. The monoisotopic (exact) mass is 240 g/mol. The van der Waals surface area contributed by atoms with E-state index in [1.807, 2.05) is 14.0 Å². The first-order chi connectivity index (χ1) is 7.58. The van der Waals surface area contributed by atoms with Gasteiger partial charge in [-0.1, -0.05) is 11.6 Å². The van der Waals surface area contributed by atoms with Crippen LogP contribution in [0.15, 0.2) is 6.20 Å². The van der Waals surface area contributed by atoms with Crippen LogP contribution in [0.4, 0.5) is 5.82 Å². The Labute approximate surface area is 99.6 Å². The van der Waals surface area contributed by atoms with Crippen molar-refractivity contribution in [2.45, 2.75) is 6.92 Å². The molecule has 0 aliphatic heterocycles. The second kappa shape index (κ2) is 5.52. The Kier molecular flexibility index (Phi) is 4.32. The van der Waals surface area contributed by atoms with Crippen LogP contribution in [0.1, 0.15) is 6.92 Å². The average Bonchev–Trinajstić information content (AvgIpc) is 2.29. The van der Waals surface area contributed by atoms with Gasteiger partial charge in [0.1, 0.15) is 5.02 Å². The summed E-state index contributed by atoms with van der Waals surface area (Å²) in [7, 11) is 3.31. The van der Waals surface area contributed by atoms with Gasteiger partial charge in [-0.2, -0.15) is 10.2 Å². The summed E-state index contributed by atoms with van der Waals surface area (Å²) in [5.74, 6) is 0.470. The van der Waals surface area contributed by atoms with E-state index in [0.29, 0.717) is 17.4 Å². The van der Waals surface area contributed by atoms with Crippen LogP contribution in [0.2, 0.25) is 5.02 Å². The molecule has 6 heteroatoms. The van der Waals surface area contributed by atoms with E-state index in [9.17, 15) is 0 Å². The molecule has 1 aromatic heterocycles. The Hall–Kier alpha value is -1.54. The van der Waals surface area contributed by atoms with Gasteiger partial charge in [-0.25, -0.2) is 4.98 Å². The number of hydrogen-bond donors (Lipinski definition) is 0. The molecule has 0 amide bonds. The standard InChI is InChI=1S/C10H13ClN4O/c1-7(4-12)6-15(2)9-8(11)5-13-10(14-9)16-3/h5,7H,6H2,1-3H3. The molecule has 1 rings (SSSR count). The lowest BCUT2D eigenvalue weighted by atomic mass is 10.2. The Morgan fingerprint density at radius 2 is 2.38 bits per heavy atom. The minimum Gasteiger partial charge on any atom is -0.467 e. The molecule has 0 N–H and O–H groups in total. The molecule has 1 heterocycles. The van der Waals surface area contributed by atoms with Gasteiger partial charge < -0.3 is 9.64 Å². The van der Waals surface area contributed by atoms with Crippen molar-refractivity contribution in [1.82, 2.24) is 9.97 Å². The zero-order valence-electron chi connectivity index (χ0n) is 9.44. The van der Waals surface area contributed by atoms with Gasteiger partial charge >= 0.3 is 6.01 Å². The summed E-state index contributed by atoms with van der Waals surface area (Å²) in [6.07, 6.45) is 1.48. The molecule has 1 aromatic rings. The third kappa shape index (κ3) is 2.97. The maximum absolute atomic E-state index is 8.73. The molecule has 0 radical (unpaired) electrons. The number of ether oxygens (including phenoxy) is 1. The summed E-state index contributed by atoms with van der Waals surface area (Å²) < 4.78 is 4.92. The van der Waals surface area contributed by atoms with Gasteiger partial charge in [-0.05, 0) is 6.92 Å². The van der Waals surface area contributed by atoms with E-state index in [-0.39, 0.29) is 11.9 Å². The van der Waals surface area contributed by atoms with E-state index in [2.05, 4.69) is 16.0 Å². The summed E-state index contributed by atoms with van der Waals surface area (Å²) >= 11 is 5.97. The minimum absolute atomic E-state index is 0.0953. The highest BCUT2D eigenvalue weighted by atomic mass is 35.5. The molecule has 5 nitrogen and oxygen atoms in total. The van der Waals surface area contributed by atoms with Gasteiger partial charge in [0.15, 0.2) is 5.82 Å². The number of rotatable bonds is 4. The molecular weight excluding hydrogens is 228 g/mol. The Bertz CT molecular complexity index is 404. The molecular formula is C10H13ClN4O. The highest BCUT2D eigenvalue weighted by molar-refractivity contribution is 6.32. The molecule has 0 saturated carbocycles. The summed E-state index contributed by atoms with van der Waals surface area (Å²) in [6.45, 7) is 2.39. The van der Waals surface area contributed by atoms with Crippen molar-refractivity contribution in [2.24, 2.45) is 5.92 Å². The lowest BCUT2D eigenvalue weighted by Gasteiger charge is -2.20. The van der Waals surface area contributed by atoms with Crippen molar-refractivity contribution < 1.29 is 4.74 Å². The van der Waals surface area contributed by atoms with Crippen LogP contribution in [0.3, 0.4) is 0 Å². The van der Waals surface area contributed by atoms with E-state index in [1.165, 1.54) is 13.3 Å². The Morgan fingerprint density at radius 3 is 2.94 bits per heavy atom. The smallest absolute Gasteiger partial charge is 0.318 e. The summed E-state index contributed by atoms with van der Waals surface area (Å²) in [5, 5.41) is 9.17. The second-order valence-corrected chi connectivity index (χ2v) is 3.85. The highest BCUT2D eigenvalue weighted by Gasteiger charge is 2.12. The first kappa shape index (κ1) is 12.5. The van der Waals surface area contributed by atoms with E-state index < -0.39 is 0 Å². The molecule has 1 unspecified atom stereocenters. The van der Waals surface area contributed by atoms with Crippen molar-refractivity contribution in [3.63, 3.8) is 0 Å². The Balaban J connectivity index is 2.90. The topological polar surface area (TPSA) is 62.0 Å². The molecule has 0 saturated heterocycles. The van der Waals surface area contributed by atoms with E-state index in [4.69, 9.17) is 21.6 Å². The van der Waals surface area contributed by atoms with Gasteiger partial charge in [0.2, 0.25) is 0 Å². The van der Waals surface area contributed by atoms with Crippen molar-refractivity contribution in [3.8, 4) is 12.1 Å². The normalized spacial score (nSPS) is 11.7. The second-order valence-electron chi connectivity index (χ2n) is 3.44. The van der Waals surface area contributed by atoms with Crippen LogP contribution >= 0.6 is 11.6 Å². The summed E-state index contributed by atoms with van der Waals surface area (Å²) in [5.41, 5.74) is 0. The predicted molar refractivity (Wildman–Crippen MR) is 61.6 cm³/mol. The molecule has 0 aliphatic carbocycles. The van der Waals surface area contributed by atoms with Gasteiger partial charge in [0.05, 0.1) is 25.3 Å². The van der Waals surface area contributed by atoms with E-state index in [0.717, 1.165) is 0 Å². The zero-order chi connectivity index (χ0) is 12.1. The minimum atomic E-state index is -0.0953. The number of nitrogens with zero attached hydrogens (tertiary/aromatic N) is 4. The highest BCUT2D eigenvalue weighted by Crippen LogP contribution is 2.23. The number of methoxy groups -OCH3 is 1. The van der Waals surface area contributed by atoms with Crippen molar-refractivity contribution in [1.29, 1.82) is 5.26 Å². The SMILES string of the molecule is COc1ncc(Cl)c(N(C)CC(C)C#N)n1. The molecule has 0 fully saturated rings. The summed E-state index contributed by atoms with van der Waals surface area (Å²) in [4.78, 5) is 9.82. The van der Waals surface area contributed by atoms with Gasteiger partial charge in [0.25, 0.3) is 0 Å². The maximum atomic E-state index is 8.73. The fraction of sp³-hybridized carbons (Fsp3) is 0.500. The number of nitriles is 1. The predicted octanol–water partition coefficient (Wildman–Crippen LogP) is 1.73. The molecule has 0 aliphatic rings. The largest absolute Gasteiger partial charge is 0.467 e. The van der Waals surface area contributed by atoms with Crippen molar-refractivity contribution in [3.05, 3.63) is 11.2 Å². The quantitative estimate of drug-likeness (QED) is 0.802. The first-order valence-electron chi connectivity index (χ1n) is 4.75. The van der Waals surface area contributed by atoms with Crippen molar-refractivity contribution in [2.75, 3.05) is 25.6 Å². The van der Waals surface area contributed by atoms with Gasteiger partial charge in [0, 0.05) is 13.6 Å². The van der Waals surface area contributed by atoms with Crippen LogP contribution in [-0.4, -0.2) is 30.7 Å². The van der Waals surface area contributed by atoms with Gasteiger partial charge in [-0.3, -0.25) is 0 Å². The number of halogens is 1. The maximum Gasteiger partial charge on any atom is 0.318 e. The third-order valence-electron chi connectivity index (χ3n) is 2.02. The molecule has 0 aromatic carbocycles. The lowest BCUT2D eigenvalue weighted by molar-refractivity contribution is 0.380. The lowest BCUT2D eigenvalue weighted by Crippen LogP contribution is -2.24. The number of anilines is 1.